The molecule has 5 nitrogen and oxygen atoms in total. The minimum Gasteiger partial charge on any atom is -0.508 e. The van der Waals surface area contributed by atoms with Crippen molar-refractivity contribution in [2.75, 3.05) is 0 Å². The van der Waals surface area contributed by atoms with E-state index in [0.717, 1.165) is 18.2 Å². The molecule has 0 heterocycles. The smallest absolute Gasteiger partial charge is 0.508 e. The maximum Gasteiger partial charge on any atom is 0.573 e. The number of aromatic hydroxyl groups is 2. The van der Waals surface area contributed by atoms with Crippen LogP contribution in [0.1, 0.15) is 23.6 Å². The fourth-order valence-electron chi connectivity index (χ4n) is 2.41. The highest BCUT2D eigenvalue weighted by Gasteiger charge is 2.32. The lowest BCUT2D eigenvalue weighted by Crippen LogP contribution is -2.17. The molecule has 0 aliphatic carbocycles. The molecule has 0 bridgehead atoms. The molecule has 0 spiro atoms. The van der Waals surface area contributed by atoms with E-state index < -0.39 is 35.3 Å². The maximum atomic E-state index is 12.3. The highest BCUT2D eigenvalue weighted by atomic mass is 19.4. The number of phenolic OH excluding ortho intramolecular Hbond substituents is 2. The Labute approximate surface area is 170 Å². The molecule has 2 aromatic rings. The summed E-state index contributed by atoms with van der Waals surface area (Å²) < 4.78 is 40.7. The van der Waals surface area contributed by atoms with Crippen molar-refractivity contribution in [3.8, 4) is 17.2 Å². The molecule has 0 radical (unpaired) electrons. The predicted molar refractivity (Wildman–Crippen MR) is 105 cm³/mol. The van der Waals surface area contributed by atoms with Gasteiger partial charge in [0.25, 0.3) is 0 Å². The summed E-state index contributed by atoms with van der Waals surface area (Å²) in [7, 11) is 0. The van der Waals surface area contributed by atoms with E-state index in [4.69, 9.17) is 0 Å². The summed E-state index contributed by atoms with van der Waals surface area (Å²) in [6.07, 6.45) is 0.0900. The average Bonchev–Trinajstić information content (AvgIpc) is 2.67. The Morgan fingerprint density at radius 1 is 0.933 bits per heavy atom. The van der Waals surface area contributed by atoms with Gasteiger partial charge in [-0.2, -0.15) is 0 Å². The van der Waals surface area contributed by atoms with E-state index in [9.17, 15) is 33.0 Å². The quantitative estimate of drug-likeness (QED) is 0.496. The largest absolute Gasteiger partial charge is 0.573 e. The van der Waals surface area contributed by atoms with Crippen LogP contribution in [0.5, 0.6) is 17.2 Å². The van der Waals surface area contributed by atoms with Crippen molar-refractivity contribution < 1.29 is 37.7 Å². The van der Waals surface area contributed by atoms with Gasteiger partial charge in [-0.15, -0.1) is 13.2 Å². The molecule has 30 heavy (non-hydrogen) atoms. The Morgan fingerprint density at radius 3 is 1.93 bits per heavy atom. The number of allylic oxidation sites excluding steroid dienone is 2. The van der Waals surface area contributed by atoms with Gasteiger partial charge in [-0.1, -0.05) is 24.3 Å². The van der Waals surface area contributed by atoms with Crippen LogP contribution in [-0.2, 0) is 9.59 Å². The number of halogens is 3. The third-order valence-corrected chi connectivity index (χ3v) is 4.16. The van der Waals surface area contributed by atoms with Crippen molar-refractivity contribution in [3.05, 3.63) is 65.2 Å². The Kier molecular flexibility index (Phi) is 7.05. The number of carbonyl (C=O) groups is 2. The van der Waals surface area contributed by atoms with Crippen LogP contribution in [0.4, 0.5) is 13.2 Å². The Bertz CT molecular complexity index is 1010. The van der Waals surface area contributed by atoms with Gasteiger partial charge in [0, 0.05) is 0 Å². The summed E-state index contributed by atoms with van der Waals surface area (Å²) in [5.74, 6) is -3.37. The van der Waals surface area contributed by atoms with Gasteiger partial charge >= 0.3 is 6.36 Å². The third kappa shape index (κ3) is 6.51. The highest BCUT2D eigenvalue weighted by molar-refractivity contribution is 6.13. The van der Waals surface area contributed by atoms with E-state index in [1.54, 1.807) is 19.1 Å². The van der Waals surface area contributed by atoms with Crippen LogP contribution in [0.2, 0.25) is 0 Å². The number of carbonyl (C=O) groups excluding carboxylic acids is 2. The summed E-state index contributed by atoms with van der Waals surface area (Å²) in [5, 5.41) is 18.9. The lowest BCUT2D eigenvalue weighted by atomic mass is 9.99. The van der Waals surface area contributed by atoms with E-state index in [1.807, 2.05) is 0 Å². The van der Waals surface area contributed by atoms with E-state index in [-0.39, 0.29) is 11.3 Å². The van der Waals surface area contributed by atoms with Gasteiger partial charge in [-0.25, -0.2) is 0 Å². The lowest BCUT2D eigenvalue weighted by Gasteiger charge is -2.10. The normalized spacial score (nSPS) is 13.0. The Morgan fingerprint density at radius 2 is 1.43 bits per heavy atom. The number of alkyl halides is 3. The number of aryl methyl sites for hydroxylation is 1. The SMILES string of the molecule is Cc1cc(/C=C/C(=O)C(C)C(=O)/C=C/c2ccc(O)c(OC(F)(F)F)c2)ccc1O. The number of ether oxygens (including phenoxy) is 1. The molecule has 2 rings (SSSR count). The molecule has 8 heteroatoms. The number of ketones is 2. The molecule has 0 amide bonds. The minimum atomic E-state index is -4.97. The Hall–Kier alpha value is -3.55. The maximum absolute atomic E-state index is 12.3. The lowest BCUT2D eigenvalue weighted by molar-refractivity contribution is -0.275. The second-order valence-electron chi connectivity index (χ2n) is 6.51. The van der Waals surface area contributed by atoms with Gasteiger partial charge in [0.2, 0.25) is 0 Å². The van der Waals surface area contributed by atoms with Gasteiger partial charge < -0.3 is 14.9 Å². The zero-order valence-corrected chi connectivity index (χ0v) is 16.1. The zero-order valence-electron chi connectivity index (χ0n) is 16.1. The molecule has 1 atom stereocenters. The van der Waals surface area contributed by atoms with E-state index in [1.165, 1.54) is 37.3 Å². The average molecular weight is 420 g/mol. The fourth-order valence-corrected chi connectivity index (χ4v) is 2.41. The second-order valence-corrected chi connectivity index (χ2v) is 6.51. The minimum absolute atomic E-state index is 0.130. The number of rotatable bonds is 7. The molecule has 0 aliphatic heterocycles. The molecule has 0 saturated carbocycles. The molecule has 0 aliphatic rings. The summed E-state index contributed by atoms with van der Waals surface area (Å²) >= 11 is 0. The van der Waals surface area contributed by atoms with Crippen LogP contribution in [0.3, 0.4) is 0 Å². The van der Waals surface area contributed by atoms with Crippen LogP contribution in [0.25, 0.3) is 12.2 Å². The molecular formula is C22H19F3O5. The van der Waals surface area contributed by atoms with Crippen molar-refractivity contribution in [2.45, 2.75) is 20.2 Å². The zero-order chi connectivity index (χ0) is 22.5. The van der Waals surface area contributed by atoms with Crippen LogP contribution in [0, 0.1) is 12.8 Å². The molecule has 158 valence electrons. The predicted octanol–water partition coefficient (Wildman–Crippen LogP) is 4.81. The molecule has 0 saturated heterocycles. The monoisotopic (exact) mass is 420 g/mol. The molecule has 2 N–H and O–H groups in total. The topological polar surface area (TPSA) is 83.8 Å². The van der Waals surface area contributed by atoms with Crippen molar-refractivity contribution in [2.24, 2.45) is 5.92 Å². The van der Waals surface area contributed by atoms with Gasteiger partial charge in [0.05, 0.1) is 5.92 Å². The number of phenols is 2. The number of hydrogen-bond acceptors (Lipinski definition) is 5. The molecular weight excluding hydrogens is 401 g/mol. The van der Waals surface area contributed by atoms with Crippen LogP contribution in [-0.4, -0.2) is 28.1 Å². The first-order valence-corrected chi connectivity index (χ1v) is 8.78. The molecule has 1 unspecified atom stereocenters. The summed E-state index contributed by atoms with van der Waals surface area (Å²) in [6.45, 7) is 3.12. The highest BCUT2D eigenvalue weighted by Crippen LogP contribution is 2.32. The summed E-state index contributed by atoms with van der Waals surface area (Å²) in [4.78, 5) is 24.4. The van der Waals surface area contributed by atoms with E-state index in [0.29, 0.717) is 11.1 Å². The number of hydrogen-bond donors (Lipinski definition) is 2. The van der Waals surface area contributed by atoms with Crippen molar-refractivity contribution in [3.63, 3.8) is 0 Å². The Balaban J connectivity index is 2.06. The van der Waals surface area contributed by atoms with Crippen molar-refractivity contribution in [1.29, 1.82) is 0 Å². The first-order chi connectivity index (χ1) is 14.0. The summed E-state index contributed by atoms with van der Waals surface area (Å²) in [6, 6.07) is 8.00. The molecule has 2 aromatic carbocycles. The van der Waals surface area contributed by atoms with Crippen LogP contribution in [0.15, 0.2) is 48.6 Å². The van der Waals surface area contributed by atoms with E-state index >= 15 is 0 Å². The second kappa shape index (κ2) is 9.30. The standard InChI is InChI=1S/C22H19F3O5/c1-13-11-15(3-7-17(13)26)4-8-18(27)14(2)19(28)9-5-16-6-10-20(29)21(12-16)30-22(23,24)25/h3-12,14,26,29H,1-2H3/b8-4+,9-5+. The van der Waals surface area contributed by atoms with Crippen molar-refractivity contribution in [1.82, 2.24) is 0 Å². The van der Waals surface area contributed by atoms with Gasteiger partial charge in [0.1, 0.15) is 5.75 Å². The first kappa shape index (κ1) is 22.7. The van der Waals surface area contributed by atoms with Gasteiger partial charge in [0.15, 0.2) is 23.1 Å². The third-order valence-electron chi connectivity index (χ3n) is 4.16. The first-order valence-electron chi connectivity index (χ1n) is 8.78. The van der Waals surface area contributed by atoms with Crippen LogP contribution < -0.4 is 4.74 Å². The van der Waals surface area contributed by atoms with Crippen LogP contribution >= 0.6 is 0 Å². The van der Waals surface area contributed by atoms with Gasteiger partial charge in [-0.3, -0.25) is 9.59 Å². The molecule has 0 fully saturated rings. The summed E-state index contributed by atoms with van der Waals surface area (Å²) in [5.41, 5.74) is 1.49. The fraction of sp³-hybridized carbons (Fsp3) is 0.182. The van der Waals surface area contributed by atoms with Crippen molar-refractivity contribution >= 4 is 23.7 Å². The number of benzene rings is 2. The molecule has 0 aromatic heterocycles. The van der Waals surface area contributed by atoms with E-state index in [2.05, 4.69) is 4.74 Å². The van der Waals surface area contributed by atoms with Gasteiger partial charge in [-0.05, 0) is 67.0 Å².